The molecule has 0 saturated heterocycles. The topological polar surface area (TPSA) is 34.4 Å². The minimum atomic E-state index is -0.296. The summed E-state index contributed by atoms with van der Waals surface area (Å²) < 4.78 is 24.8. The van der Waals surface area contributed by atoms with Gasteiger partial charge in [0.2, 0.25) is 0 Å². The zero-order chi connectivity index (χ0) is 13.8. The molecule has 0 spiro atoms. The molecule has 5 heteroatoms. The molecule has 2 aromatic rings. The second kappa shape index (κ2) is 6.21. The Labute approximate surface area is 119 Å². The van der Waals surface area contributed by atoms with Crippen LogP contribution in [-0.4, -0.2) is 7.05 Å². The number of furan rings is 1. The molecule has 0 aliphatic carbocycles. The molecule has 1 N–H and O–H groups in total. The predicted molar refractivity (Wildman–Crippen MR) is 74.6 cm³/mol. The van der Waals surface area contributed by atoms with Crippen LogP contribution in [0.2, 0.25) is 0 Å². The molecule has 102 valence electrons. The molecule has 1 aromatic carbocycles. The second-order valence-electron chi connectivity index (χ2n) is 4.19. The maximum Gasteiger partial charge on any atom is 0.134 e. The molecular formula is C14H15BrFNO2. The first kappa shape index (κ1) is 14.1. The summed E-state index contributed by atoms with van der Waals surface area (Å²) in [6.07, 6.45) is 0. The summed E-state index contributed by atoms with van der Waals surface area (Å²) in [5, 5.41) is 3.03. The van der Waals surface area contributed by atoms with Gasteiger partial charge in [0.1, 0.15) is 29.7 Å². The molecule has 1 aromatic heterocycles. The van der Waals surface area contributed by atoms with Gasteiger partial charge in [0.05, 0.1) is 11.0 Å². The molecule has 0 aliphatic heterocycles. The zero-order valence-corrected chi connectivity index (χ0v) is 12.4. The van der Waals surface area contributed by atoms with Crippen LogP contribution in [-0.2, 0) is 13.2 Å². The molecule has 0 unspecified atom stereocenters. The van der Waals surface area contributed by atoms with Crippen molar-refractivity contribution in [2.45, 2.75) is 20.1 Å². The van der Waals surface area contributed by atoms with Crippen molar-refractivity contribution in [3.8, 4) is 5.75 Å². The monoisotopic (exact) mass is 327 g/mol. The van der Waals surface area contributed by atoms with Gasteiger partial charge in [-0.25, -0.2) is 4.39 Å². The van der Waals surface area contributed by atoms with Crippen LogP contribution in [0.5, 0.6) is 5.75 Å². The molecule has 3 nitrogen and oxygen atoms in total. The summed E-state index contributed by atoms with van der Waals surface area (Å²) in [6.45, 7) is 2.97. The summed E-state index contributed by atoms with van der Waals surface area (Å²) in [6, 6.07) is 6.31. The van der Waals surface area contributed by atoms with E-state index in [2.05, 4.69) is 21.2 Å². The molecule has 0 aliphatic rings. The van der Waals surface area contributed by atoms with Gasteiger partial charge < -0.3 is 14.5 Å². The smallest absolute Gasteiger partial charge is 0.134 e. The van der Waals surface area contributed by atoms with Crippen LogP contribution >= 0.6 is 15.9 Å². The van der Waals surface area contributed by atoms with Crippen molar-refractivity contribution in [1.29, 1.82) is 0 Å². The van der Waals surface area contributed by atoms with Crippen molar-refractivity contribution in [2.24, 2.45) is 0 Å². The highest BCUT2D eigenvalue weighted by atomic mass is 79.9. The minimum absolute atomic E-state index is 0.296. The SMILES string of the molecule is CNCc1cc(COc2ccc(F)cc2Br)c(C)o1. The average molecular weight is 328 g/mol. The van der Waals surface area contributed by atoms with Gasteiger partial charge in [-0.1, -0.05) is 0 Å². The van der Waals surface area contributed by atoms with Crippen molar-refractivity contribution >= 4 is 15.9 Å². The number of rotatable bonds is 5. The quantitative estimate of drug-likeness (QED) is 0.907. The highest BCUT2D eigenvalue weighted by molar-refractivity contribution is 9.10. The van der Waals surface area contributed by atoms with Gasteiger partial charge in [0.25, 0.3) is 0 Å². The summed E-state index contributed by atoms with van der Waals surface area (Å²) in [7, 11) is 1.86. The van der Waals surface area contributed by atoms with E-state index >= 15 is 0 Å². The third-order valence-corrected chi connectivity index (χ3v) is 3.32. The first-order valence-electron chi connectivity index (χ1n) is 5.91. The summed E-state index contributed by atoms with van der Waals surface area (Å²) in [5.74, 6) is 2.02. The Kier molecular flexibility index (Phi) is 4.61. The van der Waals surface area contributed by atoms with E-state index in [4.69, 9.17) is 9.15 Å². The molecule has 0 fully saturated rings. The van der Waals surface area contributed by atoms with Crippen LogP contribution < -0.4 is 10.1 Å². The number of halogens is 2. The first-order valence-corrected chi connectivity index (χ1v) is 6.70. The average Bonchev–Trinajstić information content (AvgIpc) is 2.69. The van der Waals surface area contributed by atoms with Gasteiger partial charge in [-0.15, -0.1) is 0 Å². The number of nitrogens with one attached hydrogen (secondary N) is 1. The van der Waals surface area contributed by atoms with Crippen LogP contribution in [0.1, 0.15) is 17.1 Å². The molecule has 0 saturated carbocycles. The van der Waals surface area contributed by atoms with Crippen molar-refractivity contribution < 1.29 is 13.5 Å². The van der Waals surface area contributed by atoms with E-state index in [0.29, 0.717) is 23.4 Å². The largest absolute Gasteiger partial charge is 0.488 e. The Morgan fingerprint density at radius 2 is 2.16 bits per heavy atom. The number of benzene rings is 1. The molecule has 0 bridgehead atoms. The third kappa shape index (κ3) is 3.58. The van der Waals surface area contributed by atoms with Gasteiger partial charge in [-0.2, -0.15) is 0 Å². The maximum atomic E-state index is 13.0. The normalized spacial score (nSPS) is 10.7. The van der Waals surface area contributed by atoms with Crippen molar-refractivity contribution in [2.75, 3.05) is 7.05 Å². The van der Waals surface area contributed by atoms with E-state index in [1.165, 1.54) is 12.1 Å². The van der Waals surface area contributed by atoms with Gasteiger partial charge in [-0.3, -0.25) is 0 Å². The standard InChI is InChI=1S/C14H15BrFNO2/c1-9-10(5-12(19-9)7-17-2)8-18-14-4-3-11(16)6-13(14)15/h3-6,17H,7-8H2,1-2H3. The van der Waals surface area contributed by atoms with Crippen LogP contribution in [0.4, 0.5) is 4.39 Å². The Balaban J connectivity index is 2.05. The third-order valence-electron chi connectivity index (χ3n) is 2.70. The molecule has 0 atom stereocenters. The Morgan fingerprint density at radius 1 is 1.37 bits per heavy atom. The lowest BCUT2D eigenvalue weighted by Crippen LogP contribution is -2.03. The Bertz CT molecular complexity index is 569. The number of hydrogen-bond donors (Lipinski definition) is 1. The highest BCUT2D eigenvalue weighted by Gasteiger charge is 2.09. The summed E-state index contributed by atoms with van der Waals surface area (Å²) >= 11 is 3.27. The van der Waals surface area contributed by atoms with Crippen molar-refractivity contribution in [3.05, 3.63) is 51.6 Å². The van der Waals surface area contributed by atoms with Crippen LogP contribution in [0.25, 0.3) is 0 Å². The fourth-order valence-electron chi connectivity index (χ4n) is 1.74. The molecule has 2 rings (SSSR count). The van der Waals surface area contributed by atoms with Crippen LogP contribution in [0, 0.1) is 12.7 Å². The zero-order valence-electron chi connectivity index (χ0n) is 10.8. The fraction of sp³-hybridized carbons (Fsp3) is 0.286. The summed E-state index contributed by atoms with van der Waals surface area (Å²) in [5.41, 5.74) is 0.987. The van der Waals surface area contributed by atoms with E-state index in [1.807, 2.05) is 20.0 Å². The van der Waals surface area contributed by atoms with E-state index in [1.54, 1.807) is 6.07 Å². The first-order chi connectivity index (χ1) is 9.10. The predicted octanol–water partition coefficient (Wildman–Crippen LogP) is 3.79. The molecular weight excluding hydrogens is 313 g/mol. The fourth-order valence-corrected chi connectivity index (χ4v) is 2.21. The number of ether oxygens (including phenoxy) is 1. The molecule has 0 amide bonds. The van der Waals surface area contributed by atoms with Crippen molar-refractivity contribution in [1.82, 2.24) is 5.32 Å². The Morgan fingerprint density at radius 3 is 2.84 bits per heavy atom. The molecule has 1 heterocycles. The van der Waals surface area contributed by atoms with Gasteiger partial charge >= 0.3 is 0 Å². The number of hydrogen-bond acceptors (Lipinski definition) is 3. The summed E-state index contributed by atoms with van der Waals surface area (Å²) in [4.78, 5) is 0. The van der Waals surface area contributed by atoms with Crippen molar-refractivity contribution in [3.63, 3.8) is 0 Å². The molecule has 19 heavy (non-hydrogen) atoms. The van der Waals surface area contributed by atoms with E-state index < -0.39 is 0 Å². The van der Waals surface area contributed by atoms with Crippen LogP contribution in [0.3, 0.4) is 0 Å². The van der Waals surface area contributed by atoms with E-state index in [-0.39, 0.29) is 5.82 Å². The van der Waals surface area contributed by atoms with E-state index in [0.717, 1.165) is 17.1 Å². The lowest BCUT2D eigenvalue weighted by atomic mass is 10.2. The number of aryl methyl sites for hydroxylation is 1. The van der Waals surface area contributed by atoms with Gasteiger partial charge in [-0.05, 0) is 54.2 Å². The Hall–Kier alpha value is -1.33. The maximum absolute atomic E-state index is 13.0. The van der Waals surface area contributed by atoms with E-state index in [9.17, 15) is 4.39 Å². The van der Waals surface area contributed by atoms with Gasteiger partial charge in [0.15, 0.2) is 0 Å². The van der Waals surface area contributed by atoms with Gasteiger partial charge in [0, 0.05) is 5.56 Å². The van der Waals surface area contributed by atoms with Crippen LogP contribution in [0.15, 0.2) is 33.2 Å². The minimum Gasteiger partial charge on any atom is -0.488 e. The lowest BCUT2D eigenvalue weighted by molar-refractivity contribution is 0.300. The lowest BCUT2D eigenvalue weighted by Gasteiger charge is -2.07. The molecule has 0 radical (unpaired) electrons. The second-order valence-corrected chi connectivity index (χ2v) is 5.04. The highest BCUT2D eigenvalue weighted by Crippen LogP contribution is 2.27.